The number of carbonyl (C=O) groups excluding carboxylic acids is 1. The topological polar surface area (TPSA) is 81.1 Å². The zero-order valence-electron chi connectivity index (χ0n) is 15.9. The number of benzene rings is 2. The average molecular weight is 452 g/mol. The molecule has 0 spiro atoms. The summed E-state index contributed by atoms with van der Waals surface area (Å²) in [6, 6.07) is 8.67. The molecule has 3 aromatic rings. The normalized spacial score (nSPS) is 11.8. The van der Waals surface area contributed by atoms with Crippen LogP contribution in [-0.2, 0) is 14.6 Å². The van der Waals surface area contributed by atoms with Crippen LogP contribution in [0.1, 0.15) is 11.3 Å². The molecule has 6 nitrogen and oxygen atoms in total. The molecule has 10 heteroatoms. The molecular formula is C20H16ClF2N3O3S. The Labute approximate surface area is 176 Å². The summed E-state index contributed by atoms with van der Waals surface area (Å²) >= 11 is 6.34. The first-order valence-corrected chi connectivity index (χ1v) is 10.8. The molecular weight excluding hydrogens is 436 g/mol. The summed E-state index contributed by atoms with van der Waals surface area (Å²) in [6.07, 6.45) is 3.51. The molecule has 0 radical (unpaired) electrons. The van der Waals surface area contributed by atoms with Gasteiger partial charge >= 0.3 is 0 Å². The quantitative estimate of drug-likeness (QED) is 0.466. The SMILES string of the molecule is Cc1nn(-c2ccc(F)cc2)c(Cl)c1/C=C/C(=O)Nc1cc(S(C)(=O)=O)ccc1F. The van der Waals surface area contributed by atoms with E-state index in [1.165, 1.54) is 35.0 Å². The standard InChI is InChI=1S/C20H16ClF2N3O3S/c1-12-16(20(21)26(25-12)14-5-3-13(22)4-6-14)8-10-19(27)24-18-11-15(30(2,28)29)7-9-17(18)23/h3-11H,1-2H3,(H,24,27)/b10-8+. The van der Waals surface area contributed by atoms with E-state index in [-0.39, 0.29) is 15.7 Å². The van der Waals surface area contributed by atoms with E-state index in [0.717, 1.165) is 30.5 Å². The third kappa shape index (κ3) is 4.74. The van der Waals surface area contributed by atoms with E-state index in [1.807, 2.05) is 0 Å². The summed E-state index contributed by atoms with van der Waals surface area (Å²) in [5.41, 5.74) is 1.23. The molecule has 0 aliphatic heterocycles. The highest BCUT2D eigenvalue weighted by molar-refractivity contribution is 7.90. The summed E-state index contributed by atoms with van der Waals surface area (Å²) in [7, 11) is -3.56. The van der Waals surface area contributed by atoms with Crippen LogP contribution in [0.5, 0.6) is 0 Å². The summed E-state index contributed by atoms with van der Waals surface area (Å²) in [4.78, 5) is 12.1. The molecule has 0 bridgehead atoms. The summed E-state index contributed by atoms with van der Waals surface area (Å²) in [5.74, 6) is -1.87. The monoisotopic (exact) mass is 451 g/mol. The van der Waals surface area contributed by atoms with E-state index >= 15 is 0 Å². The van der Waals surface area contributed by atoms with Crippen molar-refractivity contribution in [1.29, 1.82) is 0 Å². The lowest BCUT2D eigenvalue weighted by Crippen LogP contribution is -2.10. The van der Waals surface area contributed by atoms with E-state index in [0.29, 0.717) is 16.9 Å². The van der Waals surface area contributed by atoms with Gasteiger partial charge in [0.25, 0.3) is 0 Å². The fraction of sp³-hybridized carbons (Fsp3) is 0.100. The van der Waals surface area contributed by atoms with Crippen LogP contribution in [0, 0.1) is 18.6 Å². The maximum Gasteiger partial charge on any atom is 0.248 e. The molecule has 1 aromatic heterocycles. The summed E-state index contributed by atoms with van der Waals surface area (Å²) < 4.78 is 51.7. The van der Waals surface area contributed by atoms with E-state index in [1.54, 1.807) is 6.92 Å². The Bertz CT molecular complexity index is 1250. The zero-order valence-corrected chi connectivity index (χ0v) is 17.4. The molecule has 30 heavy (non-hydrogen) atoms. The van der Waals surface area contributed by atoms with Crippen LogP contribution in [0.3, 0.4) is 0 Å². The van der Waals surface area contributed by atoms with Crippen LogP contribution in [0.15, 0.2) is 53.4 Å². The second kappa shape index (κ2) is 8.37. The molecule has 0 fully saturated rings. The Morgan fingerprint density at radius 3 is 2.47 bits per heavy atom. The maximum atomic E-state index is 13.9. The van der Waals surface area contributed by atoms with Gasteiger partial charge in [0.15, 0.2) is 9.84 Å². The van der Waals surface area contributed by atoms with Crippen molar-refractivity contribution < 1.29 is 22.0 Å². The molecule has 0 saturated heterocycles. The molecule has 3 rings (SSSR count). The first kappa shape index (κ1) is 21.7. The number of rotatable bonds is 5. The number of hydrogen-bond donors (Lipinski definition) is 1. The predicted molar refractivity (Wildman–Crippen MR) is 110 cm³/mol. The molecule has 0 unspecified atom stereocenters. The van der Waals surface area contributed by atoms with Crippen molar-refractivity contribution in [3.8, 4) is 5.69 Å². The van der Waals surface area contributed by atoms with Crippen LogP contribution in [0.25, 0.3) is 11.8 Å². The Kier molecular flexibility index (Phi) is 6.04. The maximum absolute atomic E-state index is 13.9. The number of hydrogen-bond acceptors (Lipinski definition) is 4. The minimum atomic E-state index is -3.56. The molecule has 156 valence electrons. The van der Waals surface area contributed by atoms with Gasteiger partial charge in [-0.2, -0.15) is 5.10 Å². The Balaban J connectivity index is 1.83. The van der Waals surface area contributed by atoms with E-state index in [4.69, 9.17) is 11.6 Å². The Morgan fingerprint density at radius 1 is 1.17 bits per heavy atom. The Hall–Kier alpha value is -3.04. The number of carbonyl (C=O) groups is 1. The van der Waals surface area contributed by atoms with Gasteiger partial charge in [0.2, 0.25) is 5.91 Å². The zero-order chi connectivity index (χ0) is 22.1. The van der Waals surface area contributed by atoms with Crippen molar-refractivity contribution in [2.24, 2.45) is 0 Å². The number of amides is 1. The minimum absolute atomic E-state index is 0.123. The number of sulfone groups is 1. The van der Waals surface area contributed by atoms with Gasteiger partial charge in [-0.25, -0.2) is 21.9 Å². The number of aryl methyl sites for hydroxylation is 1. The molecule has 1 N–H and O–H groups in total. The fourth-order valence-corrected chi connectivity index (χ4v) is 3.60. The van der Waals surface area contributed by atoms with Gasteiger partial charge in [-0.3, -0.25) is 4.79 Å². The predicted octanol–water partition coefficient (Wildman–Crippen LogP) is 4.17. The third-order valence-electron chi connectivity index (χ3n) is 4.14. The van der Waals surface area contributed by atoms with Gasteiger partial charge in [-0.05, 0) is 55.5 Å². The molecule has 0 saturated carbocycles. The van der Waals surface area contributed by atoms with Crippen LogP contribution in [0.2, 0.25) is 5.15 Å². The highest BCUT2D eigenvalue weighted by Gasteiger charge is 2.15. The number of halogens is 3. The minimum Gasteiger partial charge on any atom is -0.320 e. The van der Waals surface area contributed by atoms with Crippen LogP contribution in [-0.4, -0.2) is 30.4 Å². The van der Waals surface area contributed by atoms with Gasteiger partial charge in [-0.15, -0.1) is 0 Å². The van der Waals surface area contributed by atoms with Crippen molar-refractivity contribution in [1.82, 2.24) is 9.78 Å². The van der Waals surface area contributed by atoms with Crippen LogP contribution >= 0.6 is 11.6 Å². The first-order valence-electron chi connectivity index (χ1n) is 8.56. The lowest BCUT2D eigenvalue weighted by molar-refractivity contribution is -0.111. The second-order valence-corrected chi connectivity index (χ2v) is 8.79. The van der Waals surface area contributed by atoms with Crippen molar-refractivity contribution >= 4 is 39.1 Å². The van der Waals surface area contributed by atoms with Gasteiger partial charge in [-0.1, -0.05) is 11.6 Å². The van der Waals surface area contributed by atoms with Crippen molar-refractivity contribution in [3.63, 3.8) is 0 Å². The largest absolute Gasteiger partial charge is 0.320 e. The smallest absolute Gasteiger partial charge is 0.248 e. The number of nitrogens with zero attached hydrogens (tertiary/aromatic N) is 2. The summed E-state index contributed by atoms with van der Waals surface area (Å²) in [6.45, 7) is 1.68. The van der Waals surface area contributed by atoms with Crippen molar-refractivity contribution in [3.05, 3.63) is 76.6 Å². The van der Waals surface area contributed by atoms with E-state index in [9.17, 15) is 22.0 Å². The lowest BCUT2D eigenvalue weighted by Gasteiger charge is -2.06. The molecule has 1 heterocycles. The third-order valence-corrected chi connectivity index (χ3v) is 5.62. The molecule has 2 aromatic carbocycles. The number of aromatic nitrogens is 2. The summed E-state index contributed by atoms with van der Waals surface area (Å²) in [5, 5.41) is 6.78. The molecule has 0 atom stereocenters. The highest BCUT2D eigenvalue weighted by Crippen LogP contribution is 2.25. The molecule has 0 aliphatic rings. The number of anilines is 1. The van der Waals surface area contributed by atoms with E-state index < -0.39 is 27.4 Å². The van der Waals surface area contributed by atoms with Gasteiger partial charge in [0.1, 0.15) is 16.8 Å². The molecule has 1 amide bonds. The number of nitrogens with one attached hydrogen (secondary N) is 1. The fourth-order valence-electron chi connectivity index (χ4n) is 2.62. The van der Waals surface area contributed by atoms with Crippen LogP contribution in [0.4, 0.5) is 14.5 Å². The Morgan fingerprint density at radius 2 is 1.83 bits per heavy atom. The highest BCUT2D eigenvalue weighted by atomic mass is 35.5. The lowest BCUT2D eigenvalue weighted by atomic mass is 10.2. The molecule has 0 aliphatic carbocycles. The van der Waals surface area contributed by atoms with Crippen molar-refractivity contribution in [2.75, 3.05) is 11.6 Å². The second-order valence-electron chi connectivity index (χ2n) is 6.41. The van der Waals surface area contributed by atoms with Crippen molar-refractivity contribution in [2.45, 2.75) is 11.8 Å². The van der Waals surface area contributed by atoms with Gasteiger partial charge in [0, 0.05) is 17.9 Å². The first-order chi connectivity index (χ1) is 14.1. The average Bonchev–Trinajstić information content (AvgIpc) is 2.95. The van der Waals surface area contributed by atoms with Gasteiger partial charge in [0.05, 0.1) is 22.0 Å². The van der Waals surface area contributed by atoms with E-state index in [2.05, 4.69) is 10.4 Å². The van der Waals surface area contributed by atoms with Gasteiger partial charge < -0.3 is 5.32 Å². The van der Waals surface area contributed by atoms with Crippen LogP contribution < -0.4 is 5.32 Å².